The van der Waals surface area contributed by atoms with Crippen molar-refractivity contribution in [2.24, 2.45) is 5.73 Å². The average Bonchev–Trinajstić information content (AvgIpc) is 2.86. The van der Waals surface area contributed by atoms with Gasteiger partial charge in [-0.15, -0.1) is 0 Å². The molecule has 1 aliphatic heterocycles. The van der Waals surface area contributed by atoms with Gasteiger partial charge in [0.2, 0.25) is 0 Å². The lowest BCUT2D eigenvalue weighted by molar-refractivity contribution is -0.0426. The molecule has 0 radical (unpaired) electrons. The predicted octanol–water partition coefficient (Wildman–Crippen LogP) is 1.03. The van der Waals surface area contributed by atoms with Gasteiger partial charge < -0.3 is 19.8 Å². The van der Waals surface area contributed by atoms with E-state index in [0.29, 0.717) is 31.7 Å². The zero-order valence-electron chi connectivity index (χ0n) is 10.9. The summed E-state index contributed by atoms with van der Waals surface area (Å²) in [5, 5.41) is 0. The lowest BCUT2D eigenvalue weighted by Crippen LogP contribution is -2.53. The smallest absolute Gasteiger partial charge is 0.257 e. The van der Waals surface area contributed by atoms with E-state index in [2.05, 4.69) is 0 Å². The van der Waals surface area contributed by atoms with Crippen molar-refractivity contribution >= 4 is 5.91 Å². The molecule has 1 aliphatic rings. The monoisotopic (exact) mass is 252 g/mol. The van der Waals surface area contributed by atoms with Crippen molar-refractivity contribution in [2.45, 2.75) is 32.4 Å². The summed E-state index contributed by atoms with van der Waals surface area (Å²) in [4.78, 5) is 14.3. The van der Waals surface area contributed by atoms with E-state index in [1.807, 2.05) is 18.7 Å². The van der Waals surface area contributed by atoms with Crippen LogP contribution in [0, 0.1) is 0 Å². The van der Waals surface area contributed by atoms with Crippen LogP contribution in [0.3, 0.4) is 0 Å². The van der Waals surface area contributed by atoms with Gasteiger partial charge >= 0.3 is 0 Å². The number of amides is 1. The van der Waals surface area contributed by atoms with E-state index in [1.54, 1.807) is 12.3 Å². The molecule has 2 N–H and O–H groups in total. The van der Waals surface area contributed by atoms with Crippen molar-refractivity contribution in [3.8, 4) is 0 Å². The van der Waals surface area contributed by atoms with Crippen molar-refractivity contribution in [3.63, 3.8) is 0 Å². The Morgan fingerprint density at radius 1 is 1.61 bits per heavy atom. The molecule has 2 heterocycles. The van der Waals surface area contributed by atoms with Crippen LogP contribution in [-0.2, 0) is 11.2 Å². The molecule has 1 fully saturated rings. The van der Waals surface area contributed by atoms with Crippen LogP contribution in [-0.4, -0.2) is 42.6 Å². The molecule has 1 aromatic rings. The van der Waals surface area contributed by atoms with Gasteiger partial charge in [0.1, 0.15) is 5.76 Å². The highest BCUT2D eigenvalue weighted by Crippen LogP contribution is 2.19. The SMILES string of the molecule is CCc1occc1C(=O)N1CC(CN)OCC1C. The second-order valence-corrected chi connectivity index (χ2v) is 4.61. The molecule has 0 aliphatic carbocycles. The molecular weight excluding hydrogens is 232 g/mol. The van der Waals surface area contributed by atoms with Gasteiger partial charge in [0.25, 0.3) is 5.91 Å². The van der Waals surface area contributed by atoms with Gasteiger partial charge in [-0.2, -0.15) is 0 Å². The van der Waals surface area contributed by atoms with Crippen LogP contribution in [0.25, 0.3) is 0 Å². The summed E-state index contributed by atoms with van der Waals surface area (Å²) in [5.41, 5.74) is 6.26. The molecule has 100 valence electrons. The minimum absolute atomic E-state index is 0.00912. The first-order chi connectivity index (χ1) is 8.67. The van der Waals surface area contributed by atoms with Crippen LogP contribution in [0.5, 0.6) is 0 Å². The van der Waals surface area contributed by atoms with Crippen molar-refractivity contribution in [1.82, 2.24) is 4.90 Å². The first kappa shape index (κ1) is 13.1. The van der Waals surface area contributed by atoms with Gasteiger partial charge in [0.05, 0.1) is 30.6 Å². The number of nitrogens with zero attached hydrogens (tertiary/aromatic N) is 1. The van der Waals surface area contributed by atoms with E-state index in [9.17, 15) is 4.79 Å². The van der Waals surface area contributed by atoms with Crippen LogP contribution in [0.2, 0.25) is 0 Å². The third-order valence-corrected chi connectivity index (χ3v) is 3.33. The Morgan fingerprint density at radius 2 is 2.39 bits per heavy atom. The maximum Gasteiger partial charge on any atom is 0.257 e. The summed E-state index contributed by atoms with van der Waals surface area (Å²) in [6.07, 6.45) is 2.21. The lowest BCUT2D eigenvalue weighted by Gasteiger charge is -2.37. The highest BCUT2D eigenvalue weighted by Gasteiger charge is 2.31. The minimum Gasteiger partial charge on any atom is -0.469 e. The summed E-state index contributed by atoms with van der Waals surface area (Å²) in [6, 6.07) is 1.81. The van der Waals surface area contributed by atoms with E-state index >= 15 is 0 Å². The van der Waals surface area contributed by atoms with Gasteiger partial charge in [-0.3, -0.25) is 4.79 Å². The molecule has 2 rings (SSSR count). The quantitative estimate of drug-likeness (QED) is 0.872. The maximum atomic E-state index is 12.5. The van der Waals surface area contributed by atoms with E-state index in [-0.39, 0.29) is 18.1 Å². The molecule has 1 saturated heterocycles. The number of hydrogen-bond acceptors (Lipinski definition) is 4. The van der Waals surface area contributed by atoms with E-state index in [0.717, 1.165) is 5.76 Å². The Kier molecular flexibility index (Phi) is 4.04. The third-order valence-electron chi connectivity index (χ3n) is 3.33. The van der Waals surface area contributed by atoms with Crippen molar-refractivity contribution < 1.29 is 13.9 Å². The first-order valence-corrected chi connectivity index (χ1v) is 6.36. The number of aryl methyl sites for hydroxylation is 1. The fraction of sp³-hybridized carbons (Fsp3) is 0.615. The molecule has 5 heteroatoms. The molecule has 0 aromatic carbocycles. The number of rotatable bonds is 3. The number of hydrogen-bond donors (Lipinski definition) is 1. The molecule has 1 amide bonds. The van der Waals surface area contributed by atoms with Crippen molar-refractivity contribution in [1.29, 1.82) is 0 Å². The molecule has 18 heavy (non-hydrogen) atoms. The molecular formula is C13H20N2O3. The van der Waals surface area contributed by atoms with Crippen LogP contribution in [0.4, 0.5) is 0 Å². The van der Waals surface area contributed by atoms with Crippen LogP contribution < -0.4 is 5.73 Å². The Balaban J connectivity index is 2.16. The molecule has 5 nitrogen and oxygen atoms in total. The van der Waals surface area contributed by atoms with Gasteiger partial charge in [0, 0.05) is 19.5 Å². The number of ether oxygens (including phenoxy) is 1. The summed E-state index contributed by atoms with van der Waals surface area (Å²) in [6.45, 7) is 5.47. The van der Waals surface area contributed by atoms with Gasteiger partial charge in [-0.05, 0) is 13.0 Å². The highest BCUT2D eigenvalue weighted by atomic mass is 16.5. The zero-order chi connectivity index (χ0) is 13.1. The Hall–Kier alpha value is -1.33. The molecule has 2 unspecified atom stereocenters. The second-order valence-electron chi connectivity index (χ2n) is 4.61. The fourth-order valence-corrected chi connectivity index (χ4v) is 2.20. The average molecular weight is 252 g/mol. The topological polar surface area (TPSA) is 68.7 Å². The third kappa shape index (κ3) is 2.42. The summed E-state index contributed by atoms with van der Waals surface area (Å²) in [7, 11) is 0. The number of carbonyl (C=O) groups is 1. The summed E-state index contributed by atoms with van der Waals surface area (Å²) in [5.74, 6) is 0.748. The Morgan fingerprint density at radius 3 is 3.06 bits per heavy atom. The van der Waals surface area contributed by atoms with Crippen LogP contribution >= 0.6 is 0 Å². The standard InChI is InChI=1S/C13H20N2O3/c1-3-12-11(4-5-17-12)13(16)15-7-10(6-14)18-8-9(15)2/h4-5,9-10H,3,6-8,14H2,1-2H3. The molecule has 0 saturated carbocycles. The predicted molar refractivity (Wildman–Crippen MR) is 67.4 cm³/mol. The number of furan rings is 1. The zero-order valence-corrected chi connectivity index (χ0v) is 10.9. The summed E-state index contributed by atoms with van der Waals surface area (Å²) >= 11 is 0. The van der Waals surface area contributed by atoms with E-state index in [4.69, 9.17) is 14.9 Å². The Labute approximate surface area is 107 Å². The first-order valence-electron chi connectivity index (χ1n) is 6.36. The van der Waals surface area contributed by atoms with Crippen molar-refractivity contribution in [2.75, 3.05) is 19.7 Å². The van der Waals surface area contributed by atoms with Gasteiger partial charge in [-0.25, -0.2) is 0 Å². The fourth-order valence-electron chi connectivity index (χ4n) is 2.20. The lowest BCUT2D eigenvalue weighted by atomic mass is 10.1. The Bertz CT molecular complexity index is 416. The normalized spacial score (nSPS) is 24.3. The van der Waals surface area contributed by atoms with Crippen LogP contribution in [0.1, 0.15) is 30.0 Å². The molecule has 1 aromatic heterocycles. The second kappa shape index (κ2) is 5.54. The summed E-state index contributed by atoms with van der Waals surface area (Å²) < 4.78 is 10.9. The molecule has 2 atom stereocenters. The number of carbonyl (C=O) groups excluding carboxylic acids is 1. The minimum atomic E-state index is -0.0675. The van der Waals surface area contributed by atoms with Crippen LogP contribution in [0.15, 0.2) is 16.7 Å². The largest absolute Gasteiger partial charge is 0.469 e. The molecule has 0 spiro atoms. The van der Waals surface area contributed by atoms with Gasteiger partial charge in [0.15, 0.2) is 0 Å². The number of nitrogens with two attached hydrogens (primary N) is 1. The van der Waals surface area contributed by atoms with Crippen molar-refractivity contribution in [3.05, 3.63) is 23.7 Å². The molecule has 0 bridgehead atoms. The van der Waals surface area contributed by atoms with Gasteiger partial charge in [-0.1, -0.05) is 6.92 Å². The van der Waals surface area contributed by atoms with E-state index < -0.39 is 0 Å². The number of morpholine rings is 1. The van der Waals surface area contributed by atoms with E-state index in [1.165, 1.54) is 0 Å². The highest BCUT2D eigenvalue weighted by molar-refractivity contribution is 5.95. The maximum absolute atomic E-state index is 12.5.